The molecule has 2 fully saturated rings. The van der Waals surface area contributed by atoms with Crippen LogP contribution in [0.25, 0.3) is 6.08 Å². The largest absolute Gasteiger partial charge is 0.493 e. The van der Waals surface area contributed by atoms with E-state index in [-0.39, 0.29) is 24.0 Å². The first kappa shape index (κ1) is 29.9. The third kappa shape index (κ3) is 6.88. The number of urea groups is 1. The second-order valence-electron chi connectivity index (χ2n) is 8.99. The minimum Gasteiger partial charge on any atom is -0.493 e. The Hall–Kier alpha value is -3.63. The van der Waals surface area contributed by atoms with Gasteiger partial charge in [-0.1, -0.05) is 12.1 Å². The molecule has 4 rings (SSSR count). The quantitative estimate of drug-likeness (QED) is 0.329. The van der Waals surface area contributed by atoms with E-state index in [4.69, 9.17) is 18.9 Å². The standard InChI is InChI=1S/C28H36N4O6.ClH/c1-5-38-23-10-7-6-9-22(23)31-15-13-30(14-16-31)11-8-12-32-27(33)21(29-28(32)34)17-20-18-24(35-2)26(37-4)25(19-20)36-3;/h6-7,9-10,17-19H,5,8,11-16H2,1-4H3,(H,29,34);1H/b21-17-;. The molecule has 2 heterocycles. The molecular formula is C28H37ClN4O6. The van der Waals surface area contributed by atoms with E-state index in [1.54, 1.807) is 18.2 Å². The predicted octanol–water partition coefficient (Wildman–Crippen LogP) is 3.64. The van der Waals surface area contributed by atoms with Gasteiger partial charge in [0.15, 0.2) is 11.5 Å². The number of ether oxygens (including phenoxy) is 4. The number of carbonyl (C=O) groups excluding carboxylic acids is 2. The van der Waals surface area contributed by atoms with E-state index in [9.17, 15) is 9.59 Å². The van der Waals surface area contributed by atoms with Gasteiger partial charge in [0.1, 0.15) is 11.4 Å². The average molecular weight is 561 g/mol. The molecule has 39 heavy (non-hydrogen) atoms. The van der Waals surface area contributed by atoms with E-state index < -0.39 is 6.03 Å². The number of hydrogen-bond acceptors (Lipinski definition) is 8. The molecule has 2 aromatic rings. The van der Waals surface area contributed by atoms with Gasteiger partial charge in [0, 0.05) is 32.7 Å². The molecule has 0 aromatic heterocycles. The van der Waals surface area contributed by atoms with Crippen molar-refractivity contribution in [3.63, 3.8) is 0 Å². The Morgan fingerprint density at radius 1 is 0.897 bits per heavy atom. The van der Waals surface area contributed by atoms with Crippen LogP contribution < -0.4 is 29.2 Å². The van der Waals surface area contributed by atoms with Gasteiger partial charge in [-0.05, 0) is 55.8 Å². The van der Waals surface area contributed by atoms with Gasteiger partial charge in [0.05, 0.1) is 33.6 Å². The zero-order valence-electron chi connectivity index (χ0n) is 22.9. The summed E-state index contributed by atoms with van der Waals surface area (Å²) in [5.41, 5.74) is 1.99. The summed E-state index contributed by atoms with van der Waals surface area (Å²) >= 11 is 0. The number of carbonyl (C=O) groups is 2. The van der Waals surface area contributed by atoms with Gasteiger partial charge in [0.25, 0.3) is 5.91 Å². The molecule has 0 radical (unpaired) electrons. The minimum absolute atomic E-state index is 0. The van der Waals surface area contributed by atoms with Crippen LogP contribution in [-0.2, 0) is 4.79 Å². The van der Waals surface area contributed by atoms with Gasteiger partial charge in [-0.25, -0.2) is 4.79 Å². The Bertz CT molecular complexity index is 1160. The first-order chi connectivity index (χ1) is 18.5. The summed E-state index contributed by atoms with van der Waals surface area (Å²) in [6.07, 6.45) is 2.32. The first-order valence-electron chi connectivity index (χ1n) is 12.8. The Kier molecular flexibility index (Phi) is 10.7. The number of nitrogens with zero attached hydrogens (tertiary/aromatic N) is 3. The Morgan fingerprint density at radius 3 is 2.18 bits per heavy atom. The molecule has 11 heteroatoms. The fourth-order valence-corrected chi connectivity index (χ4v) is 4.79. The molecular weight excluding hydrogens is 524 g/mol. The fourth-order valence-electron chi connectivity index (χ4n) is 4.79. The molecule has 0 bridgehead atoms. The van der Waals surface area contributed by atoms with E-state index in [2.05, 4.69) is 21.2 Å². The summed E-state index contributed by atoms with van der Waals surface area (Å²) in [7, 11) is 4.58. The van der Waals surface area contributed by atoms with Crippen molar-refractivity contribution in [2.24, 2.45) is 0 Å². The molecule has 0 unspecified atom stereocenters. The van der Waals surface area contributed by atoms with Gasteiger partial charge in [-0.3, -0.25) is 14.6 Å². The summed E-state index contributed by atoms with van der Waals surface area (Å²) in [4.78, 5) is 31.5. The molecule has 3 amide bonds. The van der Waals surface area contributed by atoms with Crippen LogP contribution in [0.1, 0.15) is 18.9 Å². The first-order valence-corrected chi connectivity index (χ1v) is 12.8. The summed E-state index contributed by atoms with van der Waals surface area (Å²) < 4.78 is 21.9. The highest BCUT2D eigenvalue weighted by atomic mass is 35.5. The highest BCUT2D eigenvalue weighted by Gasteiger charge is 2.33. The number of amides is 3. The van der Waals surface area contributed by atoms with Crippen molar-refractivity contribution in [3.8, 4) is 23.0 Å². The van der Waals surface area contributed by atoms with Crippen LogP contribution in [-0.4, -0.2) is 88.9 Å². The van der Waals surface area contributed by atoms with Crippen LogP contribution >= 0.6 is 12.4 Å². The summed E-state index contributed by atoms with van der Waals surface area (Å²) in [6, 6.07) is 11.2. The Balaban J connectivity index is 0.00000420. The topological polar surface area (TPSA) is 92.8 Å². The third-order valence-electron chi connectivity index (χ3n) is 6.69. The predicted molar refractivity (Wildman–Crippen MR) is 152 cm³/mol. The van der Waals surface area contributed by atoms with Crippen molar-refractivity contribution in [1.29, 1.82) is 0 Å². The number of benzene rings is 2. The van der Waals surface area contributed by atoms with Gasteiger partial charge >= 0.3 is 6.03 Å². The minimum atomic E-state index is -0.411. The van der Waals surface area contributed by atoms with Crippen molar-refractivity contribution in [1.82, 2.24) is 15.1 Å². The van der Waals surface area contributed by atoms with Crippen LogP contribution in [0, 0.1) is 0 Å². The number of hydrogen-bond donors (Lipinski definition) is 1. The maximum atomic E-state index is 13.0. The monoisotopic (exact) mass is 560 g/mol. The fraction of sp³-hybridized carbons (Fsp3) is 0.429. The van der Waals surface area contributed by atoms with E-state index in [1.165, 1.54) is 26.2 Å². The van der Waals surface area contributed by atoms with Gasteiger partial charge in [0.2, 0.25) is 5.75 Å². The van der Waals surface area contributed by atoms with Crippen molar-refractivity contribution in [3.05, 3.63) is 47.7 Å². The number of halogens is 1. The van der Waals surface area contributed by atoms with Gasteiger partial charge in [-0.2, -0.15) is 0 Å². The van der Waals surface area contributed by atoms with Crippen LogP contribution in [0.4, 0.5) is 10.5 Å². The van der Waals surface area contributed by atoms with E-state index in [0.717, 1.165) is 44.2 Å². The third-order valence-corrected chi connectivity index (χ3v) is 6.69. The zero-order valence-corrected chi connectivity index (χ0v) is 23.7. The van der Waals surface area contributed by atoms with E-state index in [1.807, 2.05) is 25.1 Å². The van der Waals surface area contributed by atoms with Gasteiger partial charge in [-0.15, -0.1) is 12.4 Å². The summed E-state index contributed by atoms with van der Waals surface area (Å²) in [5, 5.41) is 2.69. The lowest BCUT2D eigenvalue weighted by molar-refractivity contribution is -0.122. The lowest BCUT2D eigenvalue weighted by Crippen LogP contribution is -2.47. The van der Waals surface area contributed by atoms with Gasteiger partial charge < -0.3 is 29.2 Å². The van der Waals surface area contributed by atoms with Crippen LogP contribution in [0.5, 0.6) is 23.0 Å². The van der Waals surface area contributed by atoms with E-state index >= 15 is 0 Å². The normalized spacial score (nSPS) is 16.7. The van der Waals surface area contributed by atoms with Crippen molar-refractivity contribution in [2.75, 3.05) is 72.1 Å². The lowest BCUT2D eigenvalue weighted by Gasteiger charge is -2.36. The molecule has 0 spiro atoms. The molecule has 0 aliphatic carbocycles. The highest BCUT2D eigenvalue weighted by Crippen LogP contribution is 2.39. The number of nitrogens with one attached hydrogen (secondary N) is 1. The lowest BCUT2D eigenvalue weighted by atomic mass is 10.1. The summed E-state index contributed by atoms with van der Waals surface area (Å²) in [6.45, 7) is 7.41. The number of para-hydroxylation sites is 2. The highest BCUT2D eigenvalue weighted by molar-refractivity contribution is 6.14. The SMILES string of the molecule is CCOc1ccccc1N1CCN(CCCN2C(=O)N/C(=C\c3cc(OC)c(OC)c(OC)c3)C2=O)CC1.Cl. The number of imide groups is 1. The number of methoxy groups -OCH3 is 3. The smallest absolute Gasteiger partial charge is 0.329 e. The van der Waals surface area contributed by atoms with Crippen molar-refractivity contribution < 1.29 is 28.5 Å². The molecule has 2 aliphatic heterocycles. The molecule has 10 nitrogen and oxygen atoms in total. The zero-order chi connectivity index (χ0) is 27.1. The average Bonchev–Trinajstić information content (AvgIpc) is 3.20. The molecule has 2 aromatic carbocycles. The van der Waals surface area contributed by atoms with Crippen LogP contribution in [0.2, 0.25) is 0 Å². The maximum Gasteiger partial charge on any atom is 0.329 e. The Morgan fingerprint density at radius 2 is 1.56 bits per heavy atom. The van der Waals surface area contributed by atoms with Crippen LogP contribution in [0.3, 0.4) is 0 Å². The number of rotatable bonds is 11. The van der Waals surface area contributed by atoms with Crippen LogP contribution in [0.15, 0.2) is 42.1 Å². The number of anilines is 1. The molecule has 0 atom stereocenters. The maximum absolute atomic E-state index is 13.0. The molecule has 2 saturated heterocycles. The summed E-state index contributed by atoms with van der Waals surface area (Å²) in [5.74, 6) is 1.96. The Labute approximate surface area is 235 Å². The second-order valence-corrected chi connectivity index (χ2v) is 8.99. The van der Waals surface area contributed by atoms with Crippen molar-refractivity contribution in [2.45, 2.75) is 13.3 Å². The molecule has 1 N–H and O–H groups in total. The van der Waals surface area contributed by atoms with E-state index in [0.29, 0.717) is 42.4 Å². The second kappa shape index (κ2) is 14.0. The molecule has 0 saturated carbocycles. The number of piperazine rings is 1. The molecule has 212 valence electrons. The molecule has 2 aliphatic rings. The van der Waals surface area contributed by atoms with Crippen molar-refractivity contribution >= 4 is 36.1 Å².